The Hall–Kier alpha value is -2.83. The van der Waals surface area contributed by atoms with E-state index in [2.05, 4.69) is 0 Å². The maximum absolute atomic E-state index is 13.8. The van der Waals surface area contributed by atoms with Gasteiger partial charge in [0.05, 0.1) is 15.4 Å². The van der Waals surface area contributed by atoms with Crippen molar-refractivity contribution in [2.75, 3.05) is 0 Å². The zero-order chi connectivity index (χ0) is 14.9. The van der Waals surface area contributed by atoms with Gasteiger partial charge in [-0.3, -0.25) is 20.2 Å². The first-order valence-corrected chi connectivity index (χ1v) is 5.59. The van der Waals surface area contributed by atoms with E-state index in [0.717, 1.165) is 18.2 Å². The lowest BCUT2D eigenvalue weighted by Gasteiger charge is -2.06. The minimum Gasteiger partial charge on any atom is -0.258 e. The highest BCUT2D eigenvalue weighted by Crippen LogP contribution is 2.34. The van der Waals surface area contributed by atoms with Gasteiger partial charge in [-0.25, -0.2) is 4.39 Å². The van der Waals surface area contributed by atoms with Crippen molar-refractivity contribution in [2.45, 2.75) is 6.92 Å². The van der Waals surface area contributed by atoms with Crippen LogP contribution >= 0.6 is 0 Å². The highest BCUT2D eigenvalue weighted by molar-refractivity contribution is 5.76. The summed E-state index contributed by atoms with van der Waals surface area (Å²) in [5.41, 5.74) is -0.0606. The third-order valence-electron chi connectivity index (χ3n) is 2.80. The molecule has 2 aromatic carbocycles. The average Bonchev–Trinajstić information content (AvgIpc) is 2.38. The van der Waals surface area contributed by atoms with Crippen LogP contribution in [-0.4, -0.2) is 9.85 Å². The van der Waals surface area contributed by atoms with Gasteiger partial charge in [-0.05, 0) is 19.1 Å². The van der Waals surface area contributed by atoms with E-state index in [1.54, 1.807) is 6.92 Å². The summed E-state index contributed by atoms with van der Waals surface area (Å²) in [6.07, 6.45) is 0. The fourth-order valence-electron chi connectivity index (χ4n) is 1.86. The maximum atomic E-state index is 13.8. The van der Waals surface area contributed by atoms with Crippen LogP contribution in [0.2, 0.25) is 0 Å². The first-order chi connectivity index (χ1) is 9.40. The second-order valence-electron chi connectivity index (χ2n) is 4.20. The topological polar surface area (TPSA) is 86.3 Å². The molecule has 0 fully saturated rings. The molecule has 0 aliphatic carbocycles. The van der Waals surface area contributed by atoms with E-state index < -0.39 is 15.7 Å². The number of non-ortho nitro benzene ring substituents is 1. The average molecular weight is 276 g/mol. The molecule has 0 bridgehead atoms. The number of nitro groups is 2. The standard InChI is InChI=1S/C13H9FN2O4/c1-8-2-5-13(16(19)20)11(6-8)10-7-9(15(17)18)3-4-12(10)14/h2-7H,1H3. The number of nitrogens with zero attached hydrogens (tertiary/aromatic N) is 2. The summed E-state index contributed by atoms with van der Waals surface area (Å²) in [6.45, 7) is 1.70. The fourth-order valence-corrected chi connectivity index (χ4v) is 1.86. The quantitative estimate of drug-likeness (QED) is 0.632. The third kappa shape index (κ3) is 2.46. The molecule has 0 atom stereocenters. The SMILES string of the molecule is Cc1ccc([N+](=O)[O-])c(-c2cc([N+](=O)[O-])ccc2F)c1. The van der Waals surface area contributed by atoms with Crippen LogP contribution in [-0.2, 0) is 0 Å². The van der Waals surface area contributed by atoms with Gasteiger partial charge in [-0.15, -0.1) is 0 Å². The molecule has 20 heavy (non-hydrogen) atoms. The van der Waals surface area contributed by atoms with E-state index in [4.69, 9.17) is 0 Å². The first kappa shape index (κ1) is 13.6. The Morgan fingerprint density at radius 1 is 0.950 bits per heavy atom. The zero-order valence-electron chi connectivity index (χ0n) is 10.4. The summed E-state index contributed by atoms with van der Waals surface area (Å²) in [6, 6.07) is 7.15. The molecular weight excluding hydrogens is 267 g/mol. The molecule has 6 nitrogen and oxygen atoms in total. The van der Waals surface area contributed by atoms with Crippen molar-refractivity contribution >= 4 is 11.4 Å². The Morgan fingerprint density at radius 3 is 2.25 bits per heavy atom. The van der Waals surface area contributed by atoms with Crippen molar-refractivity contribution in [3.8, 4) is 11.1 Å². The predicted octanol–water partition coefficient (Wildman–Crippen LogP) is 3.62. The summed E-state index contributed by atoms with van der Waals surface area (Å²) >= 11 is 0. The monoisotopic (exact) mass is 276 g/mol. The molecule has 0 amide bonds. The van der Waals surface area contributed by atoms with Gasteiger partial charge in [0.1, 0.15) is 5.82 Å². The van der Waals surface area contributed by atoms with Gasteiger partial charge in [-0.2, -0.15) is 0 Å². The number of aryl methyl sites for hydroxylation is 1. The van der Waals surface area contributed by atoms with Gasteiger partial charge in [0.15, 0.2) is 0 Å². The van der Waals surface area contributed by atoms with Crippen LogP contribution < -0.4 is 0 Å². The number of halogens is 1. The summed E-state index contributed by atoms with van der Waals surface area (Å²) < 4.78 is 13.8. The van der Waals surface area contributed by atoms with Gasteiger partial charge >= 0.3 is 0 Å². The number of hydrogen-bond acceptors (Lipinski definition) is 4. The number of rotatable bonds is 3. The van der Waals surface area contributed by atoms with E-state index in [1.807, 2.05) is 0 Å². The lowest BCUT2D eigenvalue weighted by molar-refractivity contribution is -0.385. The second-order valence-corrected chi connectivity index (χ2v) is 4.20. The molecule has 2 aromatic rings. The predicted molar refractivity (Wildman–Crippen MR) is 69.9 cm³/mol. The van der Waals surface area contributed by atoms with Crippen molar-refractivity contribution in [1.82, 2.24) is 0 Å². The molecule has 0 aliphatic heterocycles. The number of hydrogen-bond donors (Lipinski definition) is 0. The molecule has 0 N–H and O–H groups in total. The van der Waals surface area contributed by atoms with Crippen molar-refractivity contribution in [2.24, 2.45) is 0 Å². The summed E-state index contributed by atoms with van der Waals surface area (Å²) in [5.74, 6) is -0.746. The molecular formula is C13H9FN2O4. The van der Waals surface area contributed by atoms with Gasteiger partial charge in [0.2, 0.25) is 0 Å². The molecule has 0 heterocycles. The van der Waals surface area contributed by atoms with Crippen LogP contribution in [0.4, 0.5) is 15.8 Å². The summed E-state index contributed by atoms with van der Waals surface area (Å²) in [5, 5.41) is 21.7. The minimum atomic E-state index is -0.746. The lowest BCUT2D eigenvalue weighted by Crippen LogP contribution is -1.96. The van der Waals surface area contributed by atoms with Crippen molar-refractivity contribution in [3.05, 3.63) is 68.0 Å². The van der Waals surface area contributed by atoms with Crippen molar-refractivity contribution < 1.29 is 14.2 Å². The number of benzene rings is 2. The van der Waals surface area contributed by atoms with Crippen LogP contribution in [0.3, 0.4) is 0 Å². The number of nitro benzene ring substituents is 2. The zero-order valence-corrected chi connectivity index (χ0v) is 10.4. The Morgan fingerprint density at radius 2 is 1.65 bits per heavy atom. The third-order valence-corrected chi connectivity index (χ3v) is 2.80. The Bertz CT molecular complexity index is 716. The smallest absolute Gasteiger partial charge is 0.258 e. The van der Waals surface area contributed by atoms with Crippen LogP contribution in [0, 0.1) is 33.0 Å². The Balaban J connectivity index is 2.73. The van der Waals surface area contributed by atoms with Gasteiger partial charge in [-0.1, -0.05) is 11.6 Å². The molecule has 0 aromatic heterocycles. The molecule has 0 unspecified atom stereocenters. The summed E-state index contributed by atoms with van der Waals surface area (Å²) in [7, 11) is 0. The Kier molecular flexibility index (Phi) is 3.43. The van der Waals surface area contributed by atoms with E-state index in [9.17, 15) is 24.6 Å². The van der Waals surface area contributed by atoms with Gasteiger partial charge < -0.3 is 0 Å². The molecule has 0 aliphatic rings. The highest BCUT2D eigenvalue weighted by Gasteiger charge is 2.20. The van der Waals surface area contributed by atoms with Crippen LogP contribution in [0.5, 0.6) is 0 Å². The van der Waals surface area contributed by atoms with Crippen LogP contribution in [0.15, 0.2) is 36.4 Å². The van der Waals surface area contributed by atoms with Gasteiger partial charge in [0, 0.05) is 23.8 Å². The van der Waals surface area contributed by atoms with Gasteiger partial charge in [0.25, 0.3) is 11.4 Å². The maximum Gasteiger partial charge on any atom is 0.277 e. The molecule has 2 rings (SSSR count). The molecule has 0 spiro atoms. The van der Waals surface area contributed by atoms with E-state index >= 15 is 0 Å². The summed E-state index contributed by atoms with van der Waals surface area (Å²) in [4.78, 5) is 20.4. The normalized spacial score (nSPS) is 10.3. The molecule has 0 radical (unpaired) electrons. The molecule has 0 saturated carbocycles. The fraction of sp³-hybridized carbons (Fsp3) is 0.0769. The second kappa shape index (κ2) is 5.04. The Labute approximate surface area is 112 Å². The molecule has 102 valence electrons. The van der Waals surface area contributed by atoms with Crippen LogP contribution in [0.1, 0.15) is 5.56 Å². The van der Waals surface area contributed by atoms with E-state index in [-0.39, 0.29) is 22.5 Å². The lowest BCUT2D eigenvalue weighted by atomic mass is 10.0. The minimum absolute atomic E-state index is 0.0243. The molecule has 0 saturated heterocycles. The first-order valence-electron chi connectivity index (χ1n) is 5.59. The largest absolute Gasteiger partial charge is 0.277 e. The van der Waals surface area contributed by atoms with E-state index in [0.29, 0.717) is 5.56 Å². The molecule has 7 heteroatoms. The van der Waals surface area contributed by atoms with Crippen LogP contribution in [0.25, 0.3) is 11.1 Å². The highest BCUT2D eigenvalue weighted by atomic mass is 19.1. The van der Waals surface area contributed by atoms with Crippen molar-refractivity contribution in [3.63, 3.8) is 0 Å². The van der Waals surface area contributed by atoms with E-state index in [1.165, 1.54) is 18.2 Å². The van der Waals surface area contributed by atoms with Crippen molar-refractivity contribution in [1.29, 1.82) is 0 Å².